The molecule has 0 bridgehead atoms. The number of nitrogens with one attached hydrogen (secondary N) is 4. The van der Waals surface area contributed by atoms with Crippen LogP contribution in [0.15, 0.2) is 59.4 Å². The number of carbonyl (C=O) groups excluding carboxylic acids is 1. The number of nitrogens with zero attached hydrogens (tertiary/aromatic N) is 3. The fourth-order valence-corrected chi connectivity index (χ4v) is 5.33. The maximum atomic E-state index is 13.5. The predicted octanol–water partition coefficient (Wildman–Crippen LogP) is 2.86. The van der Waals surface area contributed by atoms with Crippen molar-refractivity contribution in [3.05, 3.63) is 71.1 Å². The molecule has 4 rings (SSSR count). The van der Waals surface area contributed by atoms with E-state index in [1.54, 1.807) is 29.3 Å². The lowest BCUT2D eigenvalue weighted by Crippen LogP contribution is -2.42. The van der Waals surface area contributed by atoms with Crippen LogP contribution in [0.4, 0.5) is 17.1 Å². The normalized spacial score (nSPS) is 17.0. The van der Waals surface area contributed by atoms with E-state index in [0.29, 0.717) is 29.2 Å². The zero-order chi connectivity index (χ0) is 31.0. The Bertz CT molecular complexity index is 1580. The highest BCUT2D eigenvalue weighted by atomic mass is 32.2. The van der Waals surface area contributed by atoms with Crippen LogP contribution >= 0.6 is 0 Å². The molecule has 5 N–H and O–H groups in total. The lowest BCUT2D eigenvalue weighted by atomic mass is 9.86. The third-order valence-corrected chi connectivity index (χ3v) is 7.69. The van der Waals surface area contributed by atoms with E-state index in [9.17, 15) is 18.3 Å². The zero-order valence-electron chi connectivity index (χ0n) is 25.0. The van der Waals surface area contributed by atoms with Crippen molar-refractivity contribution in [3.8, 4) is 5.75 Å². The minimum absolute atomic E-state index is 0.0788. The minimum atomic E-state index is -3.60. The SMILES string of the molecule is C=C(CO)C1=NCC(C2=CN(c3cc(C(=O)Nc4cc(C(C)(C)C)cc(NS(C)(=O)=O)c4OC)ccc3C)NN2)N1C. The van der Waals surface area contributed by atoms with E-state index in [1.165, 1.54) is 7.11 Å². The van der Waals surface area contributed by atoms with E-state index in [2.05, 4.69) is 32.6 Å². The Labute approximate surface area is 247 Å². The Balaban J connectivity index is 1.61. The first-order valence-corrected chi connectivity index (χ1v) is 15.2. The van der Waals surface area contributed by atoms with Gasteiger partial charge in [0.05, 0.1) is 55.3 Å². The number of amidine groups is 1. The van der Waals surface area contributed by atoms with Crippen molar-refractivity contribution in [3.63, 3.8) is 0 Å². The molecule has 2 aromatic rings. The summed E-state index contributed by atoms with van der Waals surface area (Å²) in [6.07, 6.45) is 2.97. The lowest BCUT2D eigenvalue weighted by Gasteiger charge is -2.24. The summed E-state index contributed by atoms with van der Waals surface area (Å²) in [6.45, 7) is 12.1. The number of sulfonamides is 1. The molecule has 2 aliphatic rings. The van der Waals surface area contributed by atoms with Gasteiger partial charge >= 0.3 is 0 Å². The van der Waals surface area contributed by atoms with Crippen LogP contribution < -0.4 is 30.7 Å². The van der Waals surface area contributed by atoms with Crippen LogP contribution in [-0.2, 0) is 15.4 Å². The van der Waals surface area contributed by atoms with Crippen molar-refractivity contribution < 1.29 is 23.1 Å². The summed E-state index contributed by atoms with van der Waals surface area (Å²) < 4.78 is 32.2. The Kier molecular flexibility index (Phi) is 8.58. The number of rotatable bonds is 9. The Morgan fingerprint density at radius 3 is 2.55 bits per heavy atom. The number of likely N-dealkylation sites (N-methyl/N-ethyl adjacent to an activating group) is 1. The van der Waals surface area contributed by atoms with Gasteiger partial charge in [-0.05, 0) is 47.7 Å². The number of aliphatic imine (C=N–C) groups is 1. The predicted molar refractivity (Wildman–Crippen MR) is 166 cm³/mol. The van der Waals surface area contributed by atoms with Crippen molar-refractivity contribution >= 4 is 38.8 Å². The summed E-state index contributed by atoms with van der Waals surface area (Å²) >= 11 is 0. The number of hydrogen-bond acceptors (Lipinski definition) is 10. The summed E-state index contributed by atoms with van der Waals surface area (Å²) in [5.74, 6) is 0.482. The first kappa shape index (κ1) is 30.9. The maximum Gasteiger partial charge on any atom is 0.255 e. The standard InChI is InChI=1S/C29H39N7O5S/c1-17-9-10-19(11-24(17)36-15-23(32-34-36)25-14-30-27(35(25)6)18(2)16-37)28(38)31-21-12-20(29(3,4)5)13-22(26(21)41-7)33-42(8,39)40/h9-13,15,25,32-34,37H,2,14,16H2,1,3-8H3,(H,31,38). The largest absolute Gasteiger partial charge is 0.492 e. The fourth-order valence-electron chi connectivity index (χ4n) is 4.78. The topological polar surface area (TPSA) is 148 Å². The van der Waals surface area contributed by atoms with Crippen LogP contribution in [0.25, 0.3) is 0 Å². The number of aryl methyl sites for hydroxylation is 1. The van der Waals surface area contributed by atoms with Gasteiger partial charge in [-0.3, -0.25) is 19.5 Å². The molecule has 1 amide bonds. The number of hydrogen-bond donors (Lipinski definition) is 5. The third-order valence-electron chi connectivity index (χ3n) is 7.10. The van der Waals surface area contributed by atoms with Crippen molar-refractivity contribution in [2.45, 2.75) is 39.2 Å². The molecule has 226 valence electrons. The van der Waals surface area contributed by atoms with Gasteiger partial charge in [0.1, 0.15) is 5.84 Å². The van der Waals surface area contributed by atoms with Gasteiger partial charge in [0.2, 0.25) is 10.0 Å². The van der Waals surface area contributed by atoms with Crippen molar-refractivity contribution in [2.75, 3.05) is 48.6 Å². The molecule has 2 aromatic carbocycles. The Hall–Kier alpha value is -4.07. The van der Waals surface area contributed by atoms with Crippen LogP contribution in [0.2, 0.25) is 0 Å². The molecule has 0 radical (unpaired) electrons. The number of carbonyl (C=O) groups is 1. The van der Waals surface area contributed by atoms with Gasteiger partial charge < -0.3 is 25.5 Å². The molecule has 12 nitrogen and oxygen atoms in total. The number of aliphatic hydroxyl groups excluding tert-OH is 1. The van der Waals surface area contributed by atoms with E-state index in [0.717, 1.165) is 28.8 Å². The summed E-state index contributed by atoms with van der Waals surface area (Å²) in [4.78, 5) is 20.0. The second-order valence-corrected chi connectivity index (χ2v) is 13.2. The van der Waals surface area contributed by atoms with E-state index in [1.807, 2.05) is 51.9 Å². The molecule has 13 heteroatoms. The zero-order valence-corrected chi connectivity index (χ0v) is 25.8. The van der Waals surface area contributed by atoms with Gasteiger partial charge in [-0.1, -0.05) is 33.4 Å². The van der Waals surface area contributed by atoms with Crippen LogP contribution in [0.1, 0.15) is 42.3 Å². The van der Waals surface area contributed by atoms with Gasteiger partial charge in [0, 0.05) is 24.4 Å². The number of hydrazine groups is 2. The van der Waals surface area contributed by atoms with Crippen LogP contribution in [0, 0.1) is 6.92 Å². The summed E-state index contributed by atoms with van der Waals surface area (Å²) in [5.41, 5.74) is 10.9. The van der Waals surface area contributed by atoms with Crippen LogP contribution in [0.5, 0.6) is 5.75 Å². The molecule has 0 saturated heterocycles. The van der Waals surface area contributed by atoms with Gasteiger partial charge in [-0.25, -0.2) is 8.42 Å². The average molecular weight is 598 g/mol. The van der Waals surface area contributed by atoms with Crippen molar-refractivity contribution in [1.82, 2.24) is 15.9 Å². The highest BCUT2D eigenvalue weighted by Gasteiger charge is 2.32. The number of benzene rings is 2. The molecule has 0 saturated carbocycles. The van der Waals surface area contributed by atoms with Crippen molar-refractivity contribution in [2.24, 2.45) is 4.99 Å². The minimum Gasteiger partial charge on any atom is -0.492 e. The maximum absolute atomic E-state index is 13.5. The third kappa shape index (κ3) is 6.53. The number of amides is 1. The van der Waals surface area contributed by atoms with Gasteiger partial charge in [-0.2, -0.15) is 0 Å². The number of ether oxygens (including phenoxy) is 1. The van der Waals surface area contributed by atoms with Crippen LogP contribution in [-0.4, -0.2) is 69.8 Å². The second-order valence-electron chi connectivity index (χ2n) is 11.4. The molecule has 42 heavy (non-hydrogen) atoms. The lowest BCUT2D eigenvalue weighted by molar-refractivity contribution is 0.102. The highest BCUT2D eigenvalue weighted by molar-refractivity contribution is 7.92. The molecular weight excluding hydrogens is 558 g/mol. The van der Waals surface area contributed by atoms with Gasteiger partial charge in [0.25, 0.3) is 5.91 Å². The number of aliphatic hydroxyl groups is 1. The summed E-state index contributed by atoms with van der Waals surface area (Å²) in [6, 6.07) is 8.77. The first-order valence-electron chi connectivity index (χ1n) is 13.3. The summed E-state index contributed by atoms with van der Waals surface area (Å²) in [7, 11) is -0.282. The molecular formula is C29H39N7O5S. The quantitative estimate of drug-likeness (QED) is 0.294. The van der Waals surface area contributed by atoms with Crippen LogP contribution in [0.3, 0.4) is 0 Å². The first-order chi connectivity index (χ1) is 19.6. The molecule has 0 fully saturated rings. The number of anilines is 3. The van der Waals surface area contributed by atoms with E-state index in [-0.39, 0.29) is 29.5 Å². The van der Waals surface area contributed by atoms with E-state index < -0.39 is 15.9 Å². The van der Waals surface area contributed by atoms with E-state index in [4.69, 9.17) is 4.74 Å². The molecule has 0 aliphatic carbocycles. The molecule has 2 aliphatic heterocycles. The monoisotopic (exact) mass is 597 g/mol. The Morgan fingerprint density at radius 2 is 1.93 bits per heavy atom. The smallest absolute Gasteiger partial charge is 0.255 e. The average Bonchev–Trinajstić information content (AvgIpc) is 3.53. The molecule has 1 atom stereocenters. The second kappa shape index (κ2) is 11.7. The van der Waals surface area contributed by atoms with E-state index >= 15 is 0 Å². The molecule has 0 aromatic heterocycles. The fraction of sp³-hybridized carbons (Fsp3) is 0.379. The van der Waals surface area contributed by atoms with Crippen molar-refractivity contribution in [1.29, 1.82) is 0 Å². The highest BCUT2D eigenvalue weighted by Crippen LogP contribution is 2.39. The molecule has 2 heterocycles. The van der Waals surface area contributed by atoms with Gasteiger partial charge in [-0.15, -0.1) is 5.53 Å². The van der Waals surface area contributed by atoms with Gasteiger partial charge in [0.15, 0.2) is 5.75 Å². The molecule has 1 unspecified atom stereocenters. The number of methoxy groups -OCH3 is 1. The Morgan fingerprint density at radius 1 is 1.24 bits per heavy atom. The summed E-state index contributed by atoms with van der Waals surface area (Å²) in [5, 5.41) is 14.2. The molecule has 0 spiro atoms.